The van der Waals surface area contributed by atoms with E-state index in [4.69, 9.17) is 0 Å². The van der Waals surface area contributed by atoms with Gasteiger partial charge in [0.1, 0.15) is 0 Å². The van der Waals surface area contributed by atoms with Gasteiger partial charge in [0, 0.05) is 11.5 Å². The number of hydrogen-bond acceptors (Lipinski definition) is 5. The number of rotatable bonds is 4. The second-order valence-electron chi connectivity index (χ2n) is 4.17. The van der Waals surface area contributed by atoms with Crippen molar-refractivity contribution in [3.8, 4) is 0 Å². The monoisotopic (exact) mass is 377 g/mol. The number of para-hydroxylation sites is 1. The van der Waals surface area contributed by atoms with Gasteiger partial charge in [0.15, 0.2) is 5.13 Å². The van der Waals surface area contributed by atoms with Crippen molar-refractivity contribution in [2.75, 3.05) is 25.2 Å². The minimum absolute atomic E-state index is 0.240. The highest BCUT2D eigenvalue weighted by atomic mass is 79.9. The van der Waals surface area contributed by atoms with Crippen LogP contribution in [0.5, 0.6) is 0 Å². The van der Waals surface area contributed by atoms with E-state index in [1.165, 1.54) is 18.4 Å². The Morgan fingerprint density at radius 2 is 2.20 bits per heavy atom. The molecule has 0 radical (unpaired) electrons. The number of thiazole rings is 1. The molecule has 20 heavy (non-hydrogen) atoms. The van der Waals surface area contributed by atoms with Crippen LogP contribution in [0.25, 0.3) is 10.2 Å². The van der Waals surface area contributed by atoms with E-state index in [1.807, 2.05) is 18.2 Å². The third-order valence-electron chi connectivity index (χ3n) is 2.55. The number of amides is 1. The fraction of sp³-hybridized carbons (Fsp3) is 0.273. The molecule has 6 nitrogen and oxygen atoms in total. The standard InChI is InChI=1S/C11H12BrN3O3S2/c1-15(20(2,17)18)6-9(16)13-11-14-10-7(12)4-3-5-8(10)19-11/h3-5H,6H2,1-2H3,(H,13,14,16). The summed E-state index contributed by atoms with van der Waals surface area (Å²) >= 11 is 4.72. The lowest BCUT2D eigenvalue weighted by atomic mass is 10.3. The van der Waals surface area contributed by atoms with Crippen LogP contribution in [0.15, 0.2) is 22.7 Å². The molecule has 9 heteroatoms. The van der Waals surface area contributed by atoms with E-state index in [2.05, 4.69) is 26.2 Å². The lowest BCUT2D eigenvalue weighted by Gasteiger charge is -2.12. The number of fused-ring (bicyclic) bond motifs is 1. The van der Waals surface area contributed by atoms with Crippen LogP contribution < -0.4 is 5.32 Å². The number of halogens is 1. The van der Waals surface area contributed by atoms with E-state index in [-0.39, 0.29) is 6.54 Å². The Hall–Kier alpha value is -1.03. The Kier molecular flexibility index (Phi) is 4.43. The molecule has 1 N–H and O–H groups in total. The second-order valence-corrected chi connectivity index (χ2v) is 8.15. The highest BCUT2D eigenvalue weighted by Gasteiger charge is 2.16. The van der Waals surface area contributed by atoms with E-state index in [0.717, 1.165) is 25.3 Å². The number of nitrogens with zero attached hydrogens (tertiary/aromatic N) is 2. The van der Waals surface area contributed by atoms with Gasteiger partial charge in [-0.3, -0.25) is 4.79 Å². The van der Waals surface area contributed by atoms with Crippen molar-refractivity contribution in [1.29, 1.82) is 0 Å². The quantitative estimate of drug-likeness (QED) is 0.881. The van der Waals surface area contributed by atoms with E-state index in [9.17, 15) is 13.2 Å². The van der Waals surface area contributed by atoms with Crippen molar-refractivity contribution >= 4 is 58.5 Å². The summed E-state index contributed by atoms with van der Waals surface area (Å²) in [5.41, 5.74) is 0.768. The molecular formula is C11H12BrN3O3S2. The fourth-order valence-corrected chi connectivity index (χ4v) is 3.29. The van der Waals surface area contributed by atoms with E-state index in [0.29, 0.717) is 5.13 Å². The molecule has 0 bridgehead atoms. The summed E-state index contributed by atoms with van der Waals surface area (Å²) in [6.07, 6.45) is 1.05. The largest absolute Gasteiger partial charge is 0.301 e. The number of anilines is 1. The Labute approximate surface area is 129 Å². The molecule has 0 saturated carbocycles. The zero-order valence-electron chi connectivity index (χ0n) is 10.8. The molecule has 2 aromatic rings. The summed E-state index contributed by atoms with van der Waals surface area (Å²) in [6, 6.07) is 5.65. The zero-order chi connectivity index (χ0) is 14.9. The zero-order valence-corrected chi connectivity index (χ0v) is 14.0. The maximum atomic E-state index is 11.8. The van der Waals surface area contributed by atoms with Crippen LogP contribution >= 0.6 is 27.3 Å². The molecule has 0 atom stereocenters. The highest BCUT2D eigenvalue weighted by molar-refractivity contribution is 9.10. The van der Waals surface area contributed by atoms with Crippen molar-refractivity contribution in [3.63, 3.8) is 0 Å². The van der Waals surface area contributed by atoms with Crippen molar-refractivity contribution in [1.82, 2.24) is 9.29 Å². The lowest BCUT2D eigenvalue weighted by molar-refractivity contribution is -0.116. The van der Waals surface area contributed by atoms with Crippen molar-refractivity contribution in [3.05, 3.63) is 22.7 Å². The number of carbonyl (C=O) groups is 1. The number of nitrogens with one attached hydrogen (secondary N) is 1. The number of hydrogen-bond donors (Lipinski definition) is 1. The molecule has 1 amide bonds. The van der Waals surface area contributed by atoms with Gasteiger partial charge in [-0.2, -0.15) is 4.31 Å². The number of sulfonamides is 1. The fourth-order valence-electron chi connectivity index (χ4n) is 1.45. The summed E-state index contributed by atoms with van der Waals surface area (Å²) in [7, 11) is -2.02. The lowest BCUT2D eigenvalue weighted by Crippen LogP contribution is -2.34. The first-order valence-electron chi connectivity index (χ1n) is 5.53. The summed E-state index contributed by atoms with van der Waals surface area (Å²) in [5, 5.41) is 3.05. The molecule has 0 spiro atoms. The maximum absolute atomic E-state index is 11.8. The smallest absolute Gasteiger partial charge is 0.241 e. The third-order valence-corrected chi connectivity index (χ3v) is 5.39. The number of likely N-dealkylation sites (N-methyl/N-ethyl adjacent to an activating group) is 1. The summed E-state index contributed by atoms with van der Waals surface area (Å²) in [5.74, 6) is -0.423. The second kappa shape index (κ2) is 5.76. The van der Waals surface area contributed by atoms with Crippen molar-refractivity contribution in [2.24, 2.45) is 0 Å². The summed E-state index contributed by atoms with van der Waals surface area (Å²) in [6.45, 7) is -0.240. The first kappa shape index (κ1) is 15.4. The van der Waals surface area contributed by atoms with Gasteiger partial charge in [0.2, 0.25) is 15.9 Å². The van der Waals surface area contributed by atoms with Crippen LogP contribution in [0, 0.1) is 0 Å². The van der Waals surface area contributed by atoms with E-state index in [1.54, 1.807) is 0 Å². The molecule has 0 fully saturated rings. The van der Waals surface area contributed by atoms with Crippen LogP contribution in [0.1, 0.15) is 0 Å². The number of aromatic nitrogens is 1. The number of benzene rings is 1. The predicted molar refractivity (Wildman–Crippen MR) is 83.4 cm³/mol. The molecule has 2 rings (SSSR count). The molecular weight excluding hydrogens is 366 g/mol. The summed E-state index contributed by atoms with van der Waals surface area (Å²) in [4.78, 5) is 16.1. The van der Waals surface area contributed by atoms with E-state index < -0.39 is 15.9 Å². The molecule has 1 aromatic heterocycles. The van der Waals surface area contributed by atoms with Gasteiger partial charge in [0.05, 0.1) is 23.0 Å². The van der Waals surface area contributed by atoms with Gasteiger partial charge in [0.25, 0.3) is 0 Å². The molecule has 0 unspecified atom stereocenters. The average molecular weight is 378 g/mol. The molecule has 0 saturated heterocycles. The Morgan fingerprint density at radius 3 is 2.80 bits per heavy atom. The van der Waals surface area contributed by atoms with Crippen molar-refractivity contribution < 1.29 is 13.2 Å². The first-order valence-corrected chi connectivity index (χ1v) is 8.99. The minimum Gasteiger partial charge on any atom is -0.301 e. The normalized spacial score (nSPS) is 12.0. The van der Waals surface area contributed by atoms with Gasteiger partial charge in [-0.05, 0) is 28.1 Å². The van der Waals surface area contributed by atoms with Crippen LogP contribution in [-0.4, -0.2) is 43.5 Å². The van der Waals surface area contributed by atoms with Gasteiger partial charge in [-0.25, -0.2) is 13.4 Å². The van der Waals surface area contributed by atoms with Gasteiger partial charge < -0.3 is 5.32 Å². The topological polar surface area (TPSA) is 79.4 Å². The van der Waals surface area contributed by atoms with Crippen LogP contribution in [-0.2, 0) is 14.8 Å². The van der Waals surface area contributed by atoms with E-state index >= 15 is 0 Å². The summed E-state index contributed by atoms with van der Waals surface area (Å²) < 4.78 is 25.2. The molecule has 1 heterocycles. The average Bonchev–Trinajstić information content (AvgIpc) is 2.71. The molecule has 0 aliphatic rings. The van der Waals surface area contributed by atoms with Crippen molar-refractivity contribution in [2.45, 2.75) is 0 Å². The molecule has 108 valence electrons. The van der Waals surface area contributed by atoms with Crippen LogP contribution in [0.3, 0.4) is 0 Å². The number of carbonyl (C=O) groups excluding carboxylic acids is 1. The molecule has 0 aliphatic heterocycles. The SMILES string of the molecule is CN(CC(=O)Nc1nc2c(Br)cccc2s1)S(C)(=O)=O. The first-order chi connectivity index (χ1) is 9.27. The van der Waals surface area contributed by atoms with Gasteiger partial charge in [-0.1, -0.05) is 17.4 Å². The van der Waals surface area contributed by atoms with Crippen LogP contribution in [0.2, 0.25) is 0 Å². The predicted octanol–water partition coefficient (Wildman–Crippen LogP) is 1.89. The Balaban J connectivity index is 2.12. The third kappa shape index (κ3) is 3.54. The highest BCUT2D eigenvalue weighted by Crippen LogP contribution is 2.30. The molecule has 1 aromatic carbocycles. The Bertz CT molecular complexity index is 757. The maximum Gasteiger partial charge on any atom is 0.241 e. The minimum atomic E-state index is -3.37. The van der Waals surface area contributed by atoms with Gasteiger partial charge >= 0.3 is 0 Å². The van der Waals surface area contributed by atoms with Gasteiger partial charge in [-0.15, -0.1) is 0 Å². The van der Waals surface area contributed by atoms with Crippen LogP contribution in [0.4, 0.5) is 5.13 Å². The Morgan fingerprint density at radius 1 is 1.50 bits per heavy atom. The molecule has 0 aliphatic carbocycles.